The Morgan fingerprint density at radius 3 is 2.15 bits per heavy atom. The first-order valence-electron chi connectivity index (χ1n) is 8.25. The summed E-state index contributed by atoms with van der Waals surface area (Å²) >= 11 is 0. The van der Waals surface area contributed by atoms with E-state index in [1.807, 2.05) is 19.3 Å². The average Bonchev–Trinajstić information content (AvgIpc) is 2.49. The zero-order valence-corrected chi connectivity index (χ0v) is 12.9. The second kappa shape index (κ2) is 6.21. The molecule has 3 nitrogen and oxygen atoms in total. The van der Waals surface area contributed by atoms with Crippen LogP contribution < -0.4 is 0 Å². The molecule has 3 rings (SSSR count). The fourth-order valence-electron chi connectivity index (χ4n) is 3.82. The monoisotopic (exact) mass is 273 g/mol. The highest BCUT2D eigenvalue weighted by Gasteiger charge is 2.28. The minimum absolute atomic E-state index is 0.675. The van der Waals surface area contributed by atoms with Gasteiger partial charge < -0.3 is 4.90 Å². The standard InChI is InChI=1S/C17H27N3/c1-13-3-5-17(6-4-13)20-9-7-15(8-10-20)16-11-18-14(2)19-12-16/h11-13,15,17H,3-10H2,1-2H3/t13-,17-. The Kier molecular flexibility index (Phi) is 4.35. The maximum absolute atomic E-state index is 4.35. The third-order valence-corrected chi connectivity index (χ3v) is 5.30. The number of rotatable bonds is 2. The van der Waals surface area contributed by atoms with Gasteiger partial charge in [0.05, 0.1) is 0 Å². The van der Waals surface area contributed by atoms with Crippen LogP contribution in [0.2, 0.25) is 0 Å². The quantitative estimate of drug-likeness (QED) is 0.825. The van der Waals surface area contributed by atoms with Gasteiger partial charge in [0.2, 0.25) is 0 Å². The highest BCUT2D eigenvalue weighted by molar-refractivity contribution is 5.12. The molecule has 0 aromatic carbocycles. The molecule has 3 heteroatoms. The first-order valence-corrected chi connectivity index (χ1v) is 8.25. The third-order valence-electron chi connectivity index (χ3n) is 5.30. The summed E-state index contributed by atoms with van der Waals surface area (Å²) in [6.45, 7) is 6.88. The van der Waals surface area contributed by atoms with Crippen LogP contribution in [-0.4, -0.2) is 34.0 Å². The van der Waals surface area contributed by atoms with Crippen LogP contribution in [0.15, 0.2) is 12.4 Å². The molecule has 0 atom stereocenters. The Balaban J connectivity index is 1.53. The molecule has 1 saturated carbocycles. The van der Waals surface area contributed by atoms with Crippen molar-refractivity contribution in [2.75, 3.05) is 13.1 Å². The van der Waals surface area contributed by atoms with Crippen molar-refractivity contribution >= 4 is 0 Å². The van der Waals surface area contributed by atoms with Crippen LogP contribution in [-0.2, 0) is 0 Å². The zero-order valence-electron chi connectivity index (χ0n) is 12.9. The largest absolute Gasteiger partial charge is 0.300 e. The molecule has 1 aromatic heterocycles. The van der Waals surface area contributed by atoms with Crippen LogP contribution in [0.4, 0.5) is 0 Å². The van der Waals surface area contributed by atoms with Crippen molar-refractivity contribution in [3.63, 3.8) is 0 Å². The van der Waals surface area contributed by atoms with E-state index >= 15 is 0 Å². The molecule has 0 N–H and O–H groups in total. The highest BCUT2D eigenvalue weighted by atomic mass is 15.2. The maximum Gasteiger partial charge on any atom is 0.125 e. The number of aromatic nitrogens is 2. The predicted molar refractivity (Wildman–Crippen MR) is 81.7 cm³/mol. The molecule has 0 unspecified atom stereocenters. The Bertz CT molecular complexity index is 412. The zero-order chi connectivity index (χ0) is 13.9. The van der Waals surface area contributed by atoms with Crippen molar-refractivity contribution in [1.82, 2.24) is 14.9 Å². The summed E-state index contributed by atoms with van der Waals surface area (Å²) < 4.78 is 0. The van der Waals surface area contributed by atoms with Gasteiger partial charge in [-0.3, -0.25) is 0 Å². The number of hydrogen-bond acceptors (Lipinski definition) is 3. The molecule has 2 fully saturated rings. The Morgan fingerprint density at radius 2 is 1.55 bits per heavy atom. The van der Waals surface area contributed by atoms with Gasteiger partial charge in [0.15, 0.2) is 0 Å². The van der Waals surface area contributed by atoms with Gasteiger partial charge in [0.1, 0.15) is 5.82 Å². The van der Waals surface area contributed by atoms with Crippen molar-refractivity contribution in [2.24, 2.45) is 5.92 Å². The van der Waals surface area contributed by atoms with Gasteiger partial charge >= 0.3 is 0 Å². The van der Waals surface area contributed by atoms with Gasteiger partial charge in [-0.15, -0.1) is 0 Å². The molecule has 0 amide bonds. The normalized spacial score (nSPS) is 29.5. The maximum atomic E-state index is 4.35. The molecule has 1 saturated heterocycles. The molecule has 1 aliphatic carbocycles. The molecular weight excluding hydrogens is 246 g/mol. The summed E-state index contributed by atoms with van der Waals surface area (Å²) in [7, 11) is 0. The molecule has 0 bridgehead atoms. The van der Waals surface area contributed by atoms with Crippen LogP contribution in [0.1, 0.15) is 62.8 Å². The van der Waals surface area contributed by atoms with E-state index in [4.69, 9.17) is 0 Å². The number of hydrogen-bond donors (Lipinski definition) is 0. The van der Waals surface area contributed by atoms with Crippen molar-refractivity contribution in [2.45, 2.75) is 64.3 Å². The molecule has 20 heavy (non-hydrogen) atoms. The first-order chi connectivity index (χ1) is 9.72. The Labute approximate surface area is 122 Å². The molecule has 2 aliphatic rings. The van der Waals surface area contributed by atoms with E-state index in [0.29, 0.717) is 5.92 Å². The van der Waals surface area contributed by atoms with Crippen molar-refractivity contribution in [1.29, 1.82) is 0 Å². The van der Waals surface area contributed by atoms with Crippen LogP contribution in [0.3, 0.4) is 0 Å². The van der Waals surface area contributed by atoms with Crippen LogP contribution >= 0.6 is 0 Å². The summed E-state index contributed by atoms with van der Waals surface area (Å²) in [5.41, 5.74) is 1.34. The third kappa shape index (κ3) is 3.20. The van der Waals surface area contributed by atoms with Crippen molar-refractivity contribution in [3.8, 4) is 0 Å². The van der Waals surface area contributed by atoms with E-state index in [2.05, 4.69) is 21.8 Å². The molecule has 2 heterocycles. The fraction of sp³-hybridized carbons (Fsp3) is 0.765. The average molecular weight is 273 g/mol. The minimum Gasteiger partial charge on any atom is -0.300 e. The summed E-state index contributed by atoms with van der Waals surface area (Å²) in [4.78, 5) is 11.4. The second-order valence-corrected chi connectivity index (χ2v) is 6.79. The summed E-state index contributed by atoms with van der Waals surface area (Å²) in [6.07, 6.45) is 12.3. The first kappa shape index (κ1) is 14.0. The van der Waals surface area contributed by atoms with E-state index in [9.17, 15) is 0 Å². The lowest BCUT2D eigenvalue weighted by molar-refractivity contribution is 0.110. The Morgan fingerprint density at radius 1 is 0.950 bits per heavy atom. The smallest absolute Gasteiger partial charge is 0.125 e. The second-order valence-electron chi connectivity index (χ2n) is 6.79. The van der Waals surface area contributed by atoms with Gasteiger partial charge in [-0.25, -0.2) is 9.97 Å². The lowest BCUT2D eigenvalue weighted by Gasteiger charge is -2.40. The number of piperidine rings is 1. The van der Waals surface area contributed by atoms with Crippen molar-refractivity contribution < 1.29 is 0 Å². The lowest BCUT2D eigenvalue weighted by Crippen LogP contribution is -2.42. The summed E-state index contributed by atoms with van der Waals surface area (Å²) in [5, 5.41) is 0. The summed E-state index contributed by atoms with van der Waals surface area (Å²) in [6, 6.07) is 0.862. The Hall–Kier alpha value is -0.960. The van der Waals surface area contributed by atoms with Gasteiger partial charge in [0.25, 0.3) is 0 Å². The van der Waals surface area contributed by atoms with E-state index < -0.39 is 0 Å². The molecular formula is C17H27N3. The number of aryl methyl sites for hydroxylation is 1. The van der Waals surface area contributed by atoms with Crippen LogP contribution in [0, 0.1) is 12.8 Å². The highest BCUT2D eigenvalue weighted by Crippen LogP contribution is 2.32. The van der Waals surface area contributed by atoms with E-state index in [1.165, 1.54) is 57.2 Å². The van der Waals surface area contributed by atoms with E-state index in [-0.39, 0.29) is 0 Å². The minimum atomic E-state index is 0.675. The van der Waals surface area contributed by atoms with Gasteiger partial charge in [-0.05, 0) is 75.9 Å². The predicted octanol–water partition coefficient (Wildman–Crippen LogP) is 3.54. The van der Waals surface area contributed by atoms with Gasteiger partial charge in [-0.1, -0.05) is 6.92 Å². The number of likely N-dealkylation sites (tertiary alicyclic amines) is 1. The van der Waals surface area contributed by atoms with Crippen molar-refractivity contribution in [3.05, 3.63) is 23.8 Å². The van der Waals surface area contributed by atoms with E-state index in [1.54, 1.807) is 0 Å². The molecule has 1 aromatic rings. The fourth-order valence-corrected chi connectivity index (χ4v) is 3.82. The molecule has 0 radical (unpaired) electrons. The van der Waals surface area contributed by atoms with Gasteiger partial charge in [-0.2, -0.15) is 0 Å². The molecule has 1 aliphatic heterocycles. The van der Waals surface area contributed by atoms with Crippen LogP contribution in [0.5, 0.6) is 0 Å². The summed E-state index contributed by atoms with van der Waals surface area (Å²) in [5.74, 6) is 2.50. The SMILES string of the molecule is Cc1ncc(C2CCN([C@H]3CC[C@H](C)CC3)CC2)cn1. The number of nitrogens with zero attached hydrogens (tertiary/aromatic N) is 3. The molecule has 0 spiro atoms. The van der Waals surface area contributed by atoms with Gasteiger partial charge in [0, 0.05) is 18.4 Å². The molecule has 110 valence electrons. The lowest BCUT2D eigenvalue weighted by atomic mass is 9.84. The van der Waals surface area contributed by atoms with Crippen LogP contribution in [0.25, 0.3) is 0 Å². The van der Waals surface area contributed by atoms with E-state index in [0.717, 1.165) is 17.8 Å². The topological polar surface area (TPSA) is 29.0 Å².